The molecule has 3 heteroatoms. The average Bonchev–Trinajstić information content (AvgIpc) is 2.03. The number of aryl methyl sites for hydroxylation is 1. The number of nitroso groups, excluding NO2 is 1. The van der Waals surface area contributed by atoms with Gasteiger partial charge in [0.25, 0.3) is 0 Å². The lowest BCUT2D eigenvalue weighted by Crippen LogP contribution is -2.11. The Labute approximate surface area is 78.2 Å². The summed E-state index contributed by atoms with van der Waals surface area (Å²) in [6.07, 6.45) is 1.80. The minimum Gasteiger partial charge on any atom is -0.259 e. The minimum atomic E-state index is 0.0140. The molecule has 0 spiro atoms. The van der Waals surface area contributed by atoms with Gasteiger partial charge < -0.3 is 0 Å². The Morgan fingerprint density at radius 3 is 2.46 bits per heavy atom. The van der Waals surface area contributed by atoms with Crippen LogP contribution >= 0.6 is 0 Å². The topological polar surface area (TPSA) is 42.3 Å². The summed E-state index contributed by atoms with van der Waals surface area (Å²) >= 11 is 0. The van der Waals surface area contributed by atoms with Gasteiger partial charge in [-0.2, -0.15) is 0 Å². The molecule has 0 bridgehead atoms. The second kappa shape index (κ2) is 3.24. The zero-order valence-electron chi connectivity index (χ0n) is 8.46. The predicted octanol–water partition coefficient (Wildman–Crippen LogP) is 3.09. The Morgan fingerprint density at radius 1 is 1.38 bits per heavy atom. The van der Waals surface area contributed by atoms with Crippen LogP contribution in [0.15, 0.2) is 17.4 Å². The lowest BCUT2D eigenvalue weighted by Gasteiger charge is -2.18. The van der Waals surface area contributed by atoms with Crippen LogP contribution in [0.5, 0.6) is 0 Å². The summed E-state index contributed by atoms with van der Waals surface area (Å²) in [7, 11) is 0. The first kappa shape index (κ1) is 9.84. The van der Waals surface area contributed by atoms with Crippen molar-refractivity contribution in [1.29, 1.82) is 0 Å². The highest BCUT2D eigenvalue weighted by molar-refractivity contribution is 5.44. The minimum absolute atomic E-state index is 0.0140. The molecular formula is C10H14N2O. The summed E-state index contributed by atoms with van der Waals surface area (Å²) in [6.45, 7) is 8.01. The van der Waals surface area contributed by atoms with Gasteiger partial charge in [0, 0.05) is 6.20 Å². The number of rotatable bonds is 1. The zero-order valence-corrected chi connectivity index (χ0v) is 8.46. The Kier molecular flexibility index (Phi) is 2.45. The predicted molar refractivity (Wildman–Crippen MR) is 53.1 cm³/mol. The molecule has 1 aromatic heterocycles. The van der Waals surface area contributed by atoms with Gasteiger partial charge in [0.1, 0.15) is 5.69 Å². The number of nitrogens with zero attached hydrogens (tertiary/aromatic N) is 2. The average molecular weight is 178 g/mol. The fourth-order valence-electron chi connectivity index (χ4n) is 1.02. The Hall–Kier alpha value is -1.25. The first-order valence-electron chi connectivity index (χ1n) is 4.25. The molecule has 0 aliphatic carbocycles. The number of hydrogen-bond donors (Lipinski definition) is 0. The van der Waals surface area contributed by atoms with Crippen molar-refractivity contribution in [2.45, 2.75) is 33.1 Å². The maximum atomic E-state index is 10.4. The Morgan fingerprint density at radius 2 is 2.00 bits per heavy atom. The summed E-state index contributed by atoms with van der Waals surface area (Å²) in [4.78, 5) is 14.5. The van der Waals surface area contributed by atoms with Crippen LogP contribution in [0.3, 0.4) is 0 Å². The molecule has 13 heavy (non-hydrogen) atoms. The Bertz CT molecular complexity index is 326. The van der Waals surface area contributed by atoms with Crippen LogP contribution in [-0.4, -0.2) is 4.98 Å². The molecule has 1 rings (SSSR count). The monoisotopic (exact) mass is 178 g/mol. The molecule has 3 nitrogen and oxygen atoms in total. The third kappa shape index (κ3) is 2.11. The molecule has 0 aliphatic heterocycles. The summed E-state index contributed by atoms with van der Waals surface area (Å²) < 4.78 is 0. The normalized spacial score (nSPS) is 11.4. The smallest absolute Gasteiger partial charge is 0.129 e. The van der Waals surface area contributed by atoms with Crippen molar-refractivity contribution in [3.05, 3.63) is 28.4 Å². The molecule has 0 N–H and O–H groups in total. The highest BCUT2D eigenvalue weighted by Gasteiger charge is 2.15. The van der Waals surface area contributed by atoms with E-state index in [1.807, 2.05) is 0 Å². The fourth-order valence-corrected chi connectivity index (χ4v) is 1.02. The molecule has 0 aromatic carbocycles. The van der Waals surface area contributed by atoms with E-state index in [0.29, 0.717) is 11.4 Å². The van der Waals surface area contributed by atoms with E-state index in [-0.39, 0.29) is 5.41 Å². The number of pyridine rings is 1. The molecule has 1 heterocycles. The van der Waals surface area contributed by atoms with Gasteiger partial charge in [0.05, 0.1) is 5.69 Å². The van der Waals surface area contributed by atoms with E-state index < -0.39 is 0 Å². The third-order valence-corrected chi connectivity index (χ3v) is 2.02. The Balaban J connectivity index is 3.21. The first-order chi connectivity index (χ1) is 5.95. The highest BCUT2D eigenvalue weighted by atomic mass is 16.3. The van der Waals surface area contributed by atoms with Gasteiger partial charge in [-0.05, 0) is 29.1 Å². The largest absolute Gasteiger partial charge is 0.259 e. The highest BCUT2D eigenvalue weighted by Crippen LogP contribution is 2.26. The molecule has 1 aromatic rings. The van der Waals surface area contributed by atoms with Crippen LogP contribution in [0, 0.1) is 11.8 Å². The molecule has 0 aliphatic rings. The lowest BCUT2D eigenvalue weighted by atomic mass is 9.88. The SMILES string of the molecule is Cc1ncc(C(C)(C)C)cc1N=O. The number of hydrogen-bond acceptors (Lipinski definition) is 3. The molecule has 0 saturated carbocycles. The van der Waals surface area contributed by atoms with Gasteiger partial charge in [0.15, 0.2) is 0 Å². The lowest BCUT2D eigenvalue weighted by molar-refractivity contribution is 0.587. The van der Waals surface area contributed by atoms with Crippen molar-refractivity contribution < 1.29 is 0 Å². The summed E-state index contributed by atoms with van der Waals surface area (Å²) in [6, 6.07) is 1.80. The van der Waals surface area contributed by atoms with Crippen LogP contribution in [0.25, 0.3) is 0 Å². The summed E-state index contributed by atoms with van der Waals surface area (Å²) in [5.74, 6) is 0. The summed E-state index contributed by atoms with van der Waals surface area (Å²) in [5, 5.41) is 2.93. The maximum absolute atomic E-state index is 10.4. The molecule has 70 valence electrons. The van der Waals surface area contributed by atoms with E-state index in [1.165, 1.54) is 0 Å². The van der Waals surface area contributed by atoms with Crippen molar-refractivity contribution >= 4 is 5.69 Å². The van der Waals surface area contributed by atoms with Crippen molar-refractivity contribution in [3.63, 3.8) is 0 Å². The van der Waals surface area contributed by atoms with Crippen LogP contribution in [-0.2, 0) is 5.41 Å². The molecule has 0 amide bonds. The third-order valence-electron chi connectivity index (χ3n) is 2.02. The first-order valence-corrected chi connectivity index (χ1v) is 4.25. The van der Waals surface area contributed by atoms with Crippen LogP contribution in [0.2, 0.25) is 0 Å². The quantitative estimate of drug-likeness (QED) is 0.620. The van der Waals surface area contributed by atoms with E-state index in [9.17, 15) is 4.91 Å². The van der Waals surface area contributed by atoms with Crippen molar-refractivity contribution in [3.8, 4) is 0 Å². The number of aromatic nitrogens is 1. The second-order valence-electron chi connectivity index (χ2n) is 4.17. The van der Waals surface area contributed by atoms with E-state index in [4.69, 9.17) is 0 Å². The van der Waals surface area contributed by atoms with Gasteiger partial charge in [0.2, 0.25) is 0 Å². The molecule has 0 fully saturated rings. The van der Waals surface area contributed by atoms with Gasteiger partial charge >= 0.3 is 0 Å². The van der Waals surface area contributed by atoms with Crippen molar-refractivity contribution in [2.75, 3.05) is 0 Å². The van der Waals surface area contributed by atoms with Crippen LogP contribution in [0.4, 0.5) is 5.69 Å². The molecule has 0 unspecified atom stereocenters. The van der Waals surface area contributed by atoms with Crippen molar-refractivity contribution in [2.24, 2.45) is 5.18 Å². The van der Waals surface area contributed by atoms with Crippen LogP contribution in [0.1, 0.15) is 32.0 Å². The van der Waals surface area contributed by atoms with E-state index in [2.05, 4.69) is 30.9 Å². The van der Waals surface area contributed by atoms with Gasteiger partial charge in [-0.1, -0.05) is 20.8 Å². The molecule has 0 saturated heterocycles. The maximum Gasteiger partial charge on any atom is 0.129 e. The molecule has 0 atom stereocenters. The van der Waals surface area contributed by atoms with Crippen molar-refractivity contribution in [1.82, 2.24) is 4.98 Å². The summed E-state index contributed by atoms with van der Waals surface area (Å²) in [5.41, 5.74) is 2.17. The van der Waals surface area contributed by atoms with E-state index in [1.54, 1.807) is 19.2 Å². The second-order valence-corrected chi connectivity index (χ2v) is 4.17. The molecule has 0 radical (unpaired) electrons. The standard InChI is InChI=1S/C10H14N2O/c1-7-9(12-13)5-8(6-11-7)10(2,3)4/h5-6H,1-4H3. The van der Waals surface area contributed by atoms with Gasteiger partial charge in [-0.25, -0.2) is 0 Å². The zero-order chi connectivity index (χ0) is 10.1. The van der Waals surface area contributed by atoms with Gasteiger partial charge in [-0.3, -0.25) is 4.98 Å². The van der Waals surface area contributed by atoms with Gasteiger partial charge in [-0.15, -0.1) is 4.91 Å². The van der Waals surface area contributed by atoms with E-state index in [0.717, 1.165) is 5.56 Å². The van der Waals surface area contributed by atoms with Crippen LogP contribution < -0.4 is 0 Å². The van der Waals surface area contributed by atoms with E-state index >= 15 is 0 Å². The molecular weight excluding hydrogens is 164 g/mol. The fraction of sp³-hybridized carbons (Fsp3) is 0.500.